The third-order valence-electron chi connectivity index (χ3n) is 3.30. The number of methoxy groups -OCH3 is 1. The van der Waals surface area contributed by atoms with E-state index in [9.17, 15) is 13.2 Å². The Balaban J connectivity index is 2.45. The van der Waals surface area contributed by atoms with Gasteiger partial charge in [-0.05, 0) is 19.9 Å². The van der Waals surface area contributed by atoms with E-state index < -0.39 is 22.1 Å². The molecule has 0 spiro atoms. The fraction of sp³-hybridized carbons (Fsp3) is 0.400. The third kappa shape index (κ3) is 4.02. The highest BCUT2D eigenvalue weighted by Crippen LogP contribution is 2.29. The molecule has 0 aliphatic rings. The van der Waals surface area contributed by atoms with Crippen LogP contribution in [-0.4, -0.2) is 44.9 Å². The van der Waals surface area contributed by atoms with E-state index in [-0.39, 0.29) is 23.7 Å². The maximum Gasteiger partial charge on any atom is 0.356 e. The first kappa shape index (κ1) is 17.3. The average molecular weight is 340 g/mol. The Morgan fingerprint density at radius 3 is 2.70 bits per heavy atom. The van der Waals surface area contributed by atoms with Gasteiger partial charge in [-0.2, -0.15) is 0 Å². The maximum absolute atomic E-state index is 12.3. The molecule has 1 heterocycles. The molecular formula is C15H20N2O5S. The second kappa shape index (κ2) is 7.01. The number of H-pyrrole nitrogens is 1. The number of anilines is 1. The quantitative estimate of drug-likeness (QED) is 0.753. The van der Waals surface area contributed by atoms with Crippen molar-refractivity contribution in [1.29, 1.82) is 0 Å². The first-order valence-electron chi connectivity index (χ1n) is 7.19. The van der Waals surface area contributed by atoms with Crippen LogP contribution in [0.3, 0.4) is 0 Å². The molecule has 0 amide bonds. The van der Waals surface area contributed by atoms with Gasteiger partial charge in [0.05, 0.1) is 24.2 Å². The number of benzene rings is 1. The zero-order valence-electron chi connectivity index (χ0n) is 13.3. The van der Waals surface area contributed by atoms with E-state index in [1.807, 2.05) is 0 Å². The van der Waals surface area contributed by atoms with Gasteiger partial charge in [-0.1, -0.05) is 18.2 Å². The average Bonchev–Trinajstić information content (AvgIpc) is 2.85. The minimum absolute atomic E-state index is 0.0849. The Bertz CT molecular complexity index is 797. The summed E-state index contributed by atoms with van der Waals surface area (Å²) in [5.74, 6) is -0.827. The highest BCUT2D eigenvalue weighted by atomic mass is 32.2. The topological polar surface area (TPSA) is 97.5 Å². The molecule has 0 radical (unpaired) electrons. The molecule has 0 aliphatic heterocycles. The summed E-state index contributed by atoms with van der Waals surface area (Å²) in [5.41, 5.74) is 0.928. The van der Waals surface area contributed by atoms with E-state index in [0.717, 1.165) is 0 Å². The molecule has 126 valence electrons. The molecule has 1 atom stereocenters. The summed E-state index contributed by atoms with van der Waals surface area (Å²) in [5, 5.41) is 0.601. The van der Waals surface area contributed by atoms with Crippen LogP contribution in [0.4, 0.5) is 5.69 Å². The molecule has 23 heavy (non-hydrogen) atoms. The van der Waals surface area contributed by atoms with Gasteiger partial charge in [0.2, 0.25) is 10.0 Å². The minimum Gasteiger partial charge on any atom is -0.461 e. The fourth-order valence-corrected chi connectivity index (χ4v) is 3.54. The van der Waals surface area contributed by atoms with Crippen molar-refractivity contribution in [2.24, 2.45) is 0 Å². The fourth-order valence-electron chi connectivity index (χ4n) is 2.18. The lowest BCUT2D eigenvalue weighted by molar-refractivity contribution is 0.0522. The van der Waals surface area contributed by atoms with Crippen molar-refractivity contribution in [1.82, 2.24) is 4.98 Å². The summed E-state index contributed by atoms with van der Waals surface area (Å²) in [6.07, 6.45) is -0.469. The number of carbonyl (C=O) groups is 1. The van der Waals surface area contributed by atoms with Crippen LogP contribution in [0.5, 0.6) is 0 Å². The van der Waals surface area contributed by atoms with Crippen molar-refractivity contribution in [3.05, 3.63) is 30.0 Å². The number of sulfonamides is 1. The van der Waals surface area contributed by atoms with Crippen LogP contribution in [0.1, 0.15) is 24.3 Å². The normalized spacial score (nSPS) is 13.0. The van der Waals surface area contributed by atoms with Crippen LogP contribution in [0.15, 0.2) is 24.3 Å². The molecule has 0 bridgehead atoms. The van der Waals surface area contributed by atoms with Gasteiger partial charge in [0, 0.05) is 18.0 Å². The van der Waals surface area contributed by atoms with E-state index in [0.29, 0.717) is 10.9 Å². The third-order valence-corrected chi connectivity index (χ3v) is 4.72. The Morgan fingerprint density at radius 2 is 2.04 bits per heavy atom. The van der Waals surface area contributed by atoms with E-state index >= 15 is 0 Å². The number of nitrogens with one attached hydrogen (secondary N) is 2. The summed E-state index contributed by atoms with van der Waals surface area (Å²) in [6, 6.07) is 7.04. The minimum atomic E-state index is -3.68. The molecule has 2 N–H and O–H groups in total. The first-order valence-corrected chi connectivity index (χ1v) is 8.84. The van der Waals surface area contributed by atoms with Gasteiger partial charge in [0.25, 0.3) is 0 Å². The van der Waals surface area contributed by atoms with Crippen LogP contribution in [0, 0.1) is 0 Å². The SMILES string of the molecule is CCOC(=O)c1[nH]c2ccccc2c1NS(=O)(=O)CC(C)OC. The van der Waals surface area contributed by atoms with Gasteiger partial charge in [-0.25, -0.2) is 13.2 Å². The molecule has 8 heteroatoms. The lowest BCUT2D eigenvalue weighted by Gasteiger charge is -2.12. The van der Waals surface area contributed by atoms with Crippen molar-refractivity contribution in [2.45, 2.75) is 20.0 Å². The largest absolute Gasteiger partial charge is 0.461 e. The number of fused-ring (bicyclic) bond motifs is 1. The number of hydrogen-bond acceptors (Lipinski definition) is 5. The number of rotatable bonds is 7. The Kier molecular flexibility index (Phi) is 5.27. The standard InChI is InChI=1S/C15H20N2O5S/c1-4-22-15(18)14-13(11-7-5-6-8-12(11)16-14)17-23(19,20)9-10(2)21-3/h5-8,10,16-17H,4,9H2,1-3H3. The zero-order valence-corrected chi connectivity index (χ0v) is 14.1. The summed E-state index contributed by atoms with van der Waals surface area (Å²) >= 11 is 0. The van der Waals surface area contributed by atoms with Crippen molar-refractivity contribution in [3.63, 3.8) is 0 Å². The van der Waals surface area contributed by atoms with Crippen molar-refractivity contribution < 1.29 is 22.7 Å². The molecule has 2 aromatic rings. The molecule has 7 nitrogen and oxygen atoms in total. The van der Waals surface area contributed by atoms with Gasteiger partial charge in [0.15, 0.2) is 5.69 Å². The van der Waals surface area contributed by atoms with Gasteiger partial charge in [0.1, 0.15) is 0 Å². The number of esters is 1. The summed E-state index contributed by atoms with van der Waals surface area (Å²) in [7, 11) is -2.24. The molecule has 2 rings (SSSR count). The summed E-state index contributed by atoms with van der Waals surface area (Å²) < 4.78 is 37.0. The monoisotopic (exact) mass is 340 g/mol. The number of aromatic nitrogens is 1. The second-order valence-electron chi connectivity index (χ2n) is 5.07. The number of carbonyl (C=O) groups excluding carboxylic acids is 1. The van der Waals surface area contributed by atoms with Gasteiger partial charge in [-0.3, -0.25) is 4.72 Å². The Morgan fingerprint density at radius 1 is 1.35 bits per heavy atom. The Labute approximate surface area is 135 Å². The molecular weight excluding hydrogens is 320 g/mol. The molecule has 1 aromatic carbocycles. The maximum atomic E-state index is 12.3. The number of para-hydroxylation sites is 1. The first-order chi connectivity index (χ1) is 10.9. The molecule has 1 aromatic heterocycles. The second-order valence-corrected chi connectivity index (χ2v) is 6.84. The van der Waals surface area contributed by atoms with E-state index in [1.54, 1.807) is 38.1 Å². The highest BCUT2D eigenvalue weighted by molar-refractivity contribution is 7.92. The van der Waals surface area contributed by atoms with Crippen LogP contribution >= 0.6 is 0 Å². The van der Waals surface area contributed by atoms with Gasteiger partial charge >= 0.3 is 5.97 Å². The summed E-state index contributed by atoms with van der Waals surface area (Å²) in [6.45, 7) is 3.53. The van der Waals surface area contributed by atoms with E-state index in [4.69, 9.17) is 9.47 Å². The van der Waals surface area contributed by atoms with Crippen molar-refractivity contribution >= 4 is 32.6 Å². The smallest absolute Gasteiger partial charge is 0.356 e. The van der Waals surface area contributed by atoms with Crippen molar-refractivity contribution in [3.8, 4) is 0 Å². The van der Waals surface area contributed by atoms with E-state index in [1.165, 1.54) is 7.11 Å². The molecule has 1 unspecified atom stereocenters. The lowest BCUT2D eigenvalue weighted by atomic mass is 10.2. The van der Waals surface area contributed by atoms with E-state index in [2.05, 4.69) is 9.71 Å². The predicted molar refractivity (Wildman–Crippen MR) is 88.1 cm³/mol. The van der Waals surface area contributed by atoms with Gasteiger partial charge in [-0.15, -0.1) is 0 Å². The van der Waals surface area contributed by atoms with Crippen LogP contribution in [0.2, 0.25) is 0 Å². The molecule has 0 fully saturated rings. The van der Waals surface area contributed by atoms with Gasteiger partial charge < -0.3 is 14.5 Å². The predicted octanol–water partition coefficient (Wildman–Crippen LogP) is 2.12. The number of ether oxygens (including phenoxy) is 2. The lowest BCUT2D eigenvalue weighted by Crippen LogP contribution is -2.26. The molecule has 0 saturated heterocycles. The summed E-state index contributed by atoms with van der Waals surface area (Å²) in [4.78, 5) is 15.0. The molecule has 0 aliphatic carbocycles. The number of aromatic amines is 1. The van der Waals surface area contributed by atoms with Crippen LogP contribution in [0.25, 0.3) is 10.9 Å². The zero-order chi connectivity index (χ0) is 17.0. The molecule has 0 saturated carbocycles. The number of hydrogen-bond donors (Lipinski definition) is 2. The Hall–Kier alpha value is -2.06. The van der Waals surface area contributed by atoms with Crippen LogP contribution in [-0.2, 0) is 19.5 Å². The van der Waals surface area contributed by atoms with Crippen LogP contribution < -0.4 is 4.72 Å². The highest BCUT2D eigenvalue weighted by Gasteiger charge is 2.24. The van der Waals surface area contributed by atoms with Crippen molar-refractivity contribution in [2.75, 3.05) is 24.2 Å².